The van der Waals surface area contributed by atoms with Crippen LogP contribution in [0.15, 0.2) is 30.3 Å². The highest BCUT2D eigenvalue weighted by Gasteiger charge is 2.33. The zero-order valence-corrected chi connectivity index (χ0v) is 12.8. The minimum Gasteiger partial charge on any atom is -0.392 e. The van der Waals surface area contributed by atoms with Gasteiger partial charge in [0, 0.05) is 12.6 Å². The fraction of sp³-hybridized carbons (Fsp3) is 0.467. The number of hydrogen-bond donors (Lipinski definition) is 1. The summed E-state index contributed by atoms with van der Waals surface area (Å²) in [6, 6.07) is 9.45. The van der Waals surface area contributed by atoms with Gasteiger partial charge in [-0.2, -0.15) is 0 Å². The number of carbonyl (C=O) groups is 1. The zero-order valence-electron chi connectivity index (χ0n) is 12.0. The van der Waals surface area contributed by atoms with Gasteiger partial charge in [0.15, 0.2) is 0 Å². The van der Waals surface area contributed by atoms with Crippen LogP contribution >= 0.6 is 12.2 Å². The molecule has 19 heavy (non-hydrogen) atoms. The molecule has 1 rings (SSSR count). The van der Waals surface area contributed by atoms with Crippen molar-refractivity contribution in [3.05, 3.63) is 35.9 Å². The summed E-state index contributed by atoms with van der Waals surface area (Å²) < 4.78 is 0. The van der Waals surface area contributed by atoms with E-state index >= 15 is 0 Å². The molecule has 104 valence electrons. The van der Waals surface area contributed by atoms with Gasteiger partial charge in [-0.25, -0.2) is 0 Å². The second kappa shape index (κ2) is 6.15. The summed E-state index contributed by atoms with van der Waals surface area (Å²) in [4.78, 5) is 14.6. The third-order valence-corrected chi connectivity index (χ3v) is 4.00. The Labute approximate surface area is 120 Å². The Bertz CT molecular complexity index is 456. The molecule has 0 saturated heterocycles. The largest absolute Gasteiger partial charge is 0.392 e. The second-order valence-electron chi connectivity index (χ2n) is 5.31. The lowest BCUT2D eigenvalue weighted by Crippen LogP contribution is -2.48. The first-order valence-electron chi connectivity index (χ1n) is 6.43. The summed E-state index contributed by atoms with van der Waals surface area (Å²) in [5, 5.41) is 0. The first-order chi connectivity index (χ1) is 8.81. The number of amides is 1. The Kier molecular flexibility index (Phi) is 5.06. The van der Waals surface area contributed by atoms with Crippen LogP contribution < -0.4 is 5.73 Å². The van der Waals surface area contributed by atoms with Crippen LogP contribution in [0.25, 0.3) is 0 Å². The molecule has 0 radical (unpaired) electrons. The van der Waals surface area contributed by atoms with Crippen LogP contribution in [0.2, 0.25) is 0 Å². The standard InChI is InChI=1S/C15H22N2OS/c1-5-15(2,3)17(4)14(18)12(13(16)19)11-9-7-6-8-10-11/h6-10,12H,5H2,1-4H3,(H2,16,19). The zero-order chi connectivity index (χ0) is 14.6. The van der Waals surface area contributed by atoms with Crippen LogP contribution in [-0.2, 0) is 4.79 Å². The minimum absolute atomic E-state index is 0.0504. The maximum atomic E-state index is 12.6. The lowest BCUT2D eigenvalue weighted by molar-refractivity contribution is -0.134. The van der Waals surface area contributed by atoms with Crippen molar-refractivity contribution in [1.82, 2.24) is 4.90 Å². The molecule has 0 saturated carbocycles. The van der Waals surface area contributed by atoms with E-state index in [4.69, 9.17) is 18.0 Å². The van der Waals surface area contributed by atoms with Gasteiger partial charge in [0.25, 0.3) is 0 Å². The fourth-order valence-corrected chi connectivity index (χ4v) is 2.04. The van der Waals surface area contributed by atoms with Crippen LogP contribution in [-0.4, -0.2) is 28.4 Å². The number of nitrogens with zero attached hydrogens (tertiary/aromatic N) is 1. The summed E-state index contributed by atoms with van der Waals surface area (Å²) in [6.07, 6.45) is 0.869. The van der Waals surface area contributed by atoms with Crippen LogP contribution in [0, 0.1) is 0 Å². The van der Waals surface area contributed by atoms with Crippen molar-refractivity contribution in [3.8, 4) is 0 Å². The van der Waals surface area contributed by atoms with Crippen molar-refractivity contribution in [2.24, 2.45) is 5.73 Å². The van der Waals surface area contributed by atoms with E-state index in [9.17, 15) is 4.79 Å². The SMILES string of the molecule is CCC(C)(C)N(C)C(=O)C(C(N)=S)c1ccccc1. The maximum absolute atomic E-state index is 12.6. The Morgan fingerprint density at radius 2 is 1.89 bits per heavy atom. The van der Waals surface area contributed by atoms with E-state index in [1.165, 1.54) is 0 Å². The number of hydrogen-bond acceptors (Lipinski definition) is 2. The fourth-order valence-electron chi connectivity index (χ4n) is 1.80. The lowest BCUT2D eigenvalue weighted by atomic mass is 9.93. The van der Waals surface area contributed by atoms with Gasteiger partial charge < -0.3 is 10.6 Å². The molecule has 0 aliphatic rings. The summed E-state index contributed by atoms with van der Waals surface area (Å²) in [7, 11) is 1.81. The molecule has 3 nitrogen and oxygen atoms in total. The van der Waals surface area contributed by atoms with Gasteiger partial charge in [-0.05, 0) is 25.8 Å². The summed E-state index contributed by atoms with van der Waals surface area (Å²) in [5.74, 6) is -0.599. The predicted octanol–water partition coefficient (Wildman–Crippen LogP) is 2.70. The summed E-state index contributed by atoms with van der Waals surface area (Å²) in [5.41, 5.74) is 6.41. The van der Waals surface area contributed by atoms with E-state index in [1.807, 2.05) is 44.2 Å². The van der Waals surface area contributed by atoms with Crippen molar-refractivity contribution in [2.45, 2.75) is 38.6 Å². The molecule has 0 aromatic heterocycles. The van der Waals surface area contributed by atoms with Gasteiger partial charge in [0.1, 0.15) is 5.92 Å². The first kappa shape index (κ1) is 15.6. The van der Waals surface area contributed by atoms with Crippen LogP contribution in [0.5, 0.6) is 0 Å². The molecule has 0 fully saturated rings. The number of rotatable bonds is 5. The Morgan fingerprint density at radius 1 is 1.37 bits per heavy atom. The lowest BCUT2D eigenvalue weighted by Gasteiger charge is -2.37. The maximum Gasteiger partial charge on any atom is 0.237 e. The average Bonchev–Trinajstić information content (AvgIpc) is 2.38. The van der Waals surface area contributed by atoms with Crippen molar-refractivity contribution < 1.29 is 4.79 Å². The Morgan fingerprint density at radius 3 is 2.32 bits per heavy atom. The van der Waals surface area contributed by atoms with Crippen molar-refractivity contribution >= 4 is 23.1 Å². The van der Waals surface area contributed by atoms with Gasteiger partial charge in [0.05, 0.1) is 4.99 Å². The number of thiocarbonyl (C=S) groups is 1. The summed E-state index contributed by atoms with van der Waals surface area (Å²) >= 11 is 5.08. The monoisotopic (exact) mass is 278 g/mol. The van der Waals surface area contributed by atoms with Gasteiger partial charge in [-0.1, -0.05) is 49.5 Å². The molecule has 0 bridgehead atoms. The second-order valence-corrected chi connectivity index (χ2v) is 5.78. The molecule has 0 aliphatic heterocycles. The van der Waals surface area contributed by atoms with E-state index in [0.717, 1.165) is 12.0 Å². The van der Waals surface area contributed by atoms with Crippen LogP contribution in [0.1, 0.15) is 38.7 Å². The minimum atomic E-state index is -0.549. The normalized spacial score (nSPS) is 12.8. The molecule has 1 aromatic rings. The Balaban J connectivity index is 3.09. The highest BCUT2D eigenvalue weighted by Crippen LogP contribution is 2.24. The Hall–Kier alpha value is -1.42. The molecule has 0 heterocycles. The molecule has 4 heteroatoms. The van der Waals surface area contributed by atoms with Crippen molar-refractivity contribution in [1.29, 1.82) is 0 Å². The third kappa shape index (κ3) is 3.53. The van der Waals surface area contributed by atoms with Crippen LogP contribution in [0.3, 0.4) is 0 Å². The smallest absolute Gasteiger partial charge is 0.237 e. The molecule has 0 spiro atoms. The quantitative estimate of drug-likeness (QED) is 0.842. The molecule has 1 aromatic carbocycles. The predicted molar refractivity (Wildman–Crippen MR) is 83.1 cm³/mol. The number of carbonyl (C=O) groups excluding carboxylic acids is 1. The van der Waals surface area contributed by atoms with Crippen LogP contribution in [0.4, 0.5) is 0 Å². The van der Waals surface area contributed by atoms with Gasteiger partial charge in [-0.15, -0.1) is 0 Å². The van der Waals surface area contributed by atoms with E-state index in [-0.39, 0.29) is 16.4 Å². The third-order valence-electron chi connectivity index (χ3n) is 3.77. The molecular weight excluding hydrogens is 256 g/mol. The number of likely N-dealkylation sites (N-methyl/N-ethyl adjacent to an activating group) is 1. The van der Waals surface area contributed by atoms with Gasteiger partial charge in [0.2, 0.25) is 5.91 Å². The molecular formula is C15H22N2OS. The first-order valence-corrected chi connectivity index (χ1v) is 6.84. The van der Waals surface area contributed by atoms with Gasteiger partial charge in [-0.3, -0.25) is 4.79 Å². The molecule has 1 atom stereocenters. The van der Waals surface area contributed by atoms with E-state index in [1.54, 1.807) is 11.9 Å². The average molecular weight is 278 g/mol. The number of benzene rings is 1. The highest BCUT2D eigenvalue weighted by molar-refractivity contribution is 7.80. The summed E-state index contributed by atoms with van der Waals surface area (Å²) in [6.45, 7) is 6.13. The molecule has 0 aliphatic carbocycles. The van der Waals surface area contributed by atoms with Crippen molar-refractivity contribution in [2.75, 3.05) is 7.05 Å². The van der Waals surface area contributed by atoms with Crippen molar-refractivity contribution in [3.63, 3.8) is 0 Å². The molecule has 2 N–H and O–H groups in total. The molecule has 1 unspecified atom stereocenters. The number of nitrogens with two attached hydrogens (primary N) is 1. The topological polar surface area (TPSA) is 46.3 Å². The molecule has 1 amide bonds. The highest BCUT2D eigenvalue weighted by atomic mass is 32.1. The van der Waals surface area contributed by atoms with E-state index < -0.39 is 5.92 Å². The van der Waals surface area contributed by atoms with E-state index in [2.05, 4.69) is 6.92 Å². The van der Waals surface area contributed by atoms with Gasteiger partial charge >= 0.3 is 0 Å². The van der Waals surface area contributed by atoms with E-state index in [0.29, 0.717) is 0 Å².